The van der Waals surface area contributed by atoms with Crippen molar-refractivity contribution in [2.45, 2.75) is 69.9 Å². The van der Waals surface area contributed by atoms with Gasteiger partial charge in [-0.3, -0.25) is 4.68 Å². The van der Waals surface area contributed by atoms with E-state index < -0.39 is 5.60 Å². The molecule has 1 aliphatic heterocycles. The summed E-state index contributed by atoms with van der Waals surface area (Å²) in [7, 11) is 0. The van der Waals surface area contributed by atoms with E-state index in [4.69, 9.17) is 5.10 Å². The van der Waals surface area contributed by atoms with Gasteiger partial charge < -0.3 is 10.4 Å². The molecule has 1 aromatic rings. The number of hydrogen-bond acceptors (Lipinski definition) is 3. The van der Waals surface area contributed by atoms with Gasteiger partial charge >= 0.3 is 0 Å². The van der Waals surface area contributed by atoms with Crippen molar-refractivity contribution < 1.29 is 5.11 Å². The first-order chi connectivity index (χ1) is 10.2. The van der Waals surface area contributed by atoms with Gasteiger partial charge in [-0.05, 0) is 38.3 Å². The van der Waals surface area contributed by atoms with Gasteiger partial charge in [0.15, 0.2) is 0 Å². The summed E-state index contributed by atoms with van der Waals surface area (Å²) in [5.74, 6) is 0.339. The number of rotatable bonds is 4. The molecule has 1 aliphatic carbocycles. The van der Waals surface area contributed by atoms with Crippen LogP contribution in [0, 0.1) is 5.92 Å². The first-order valence-corrected chi connectivity index (χ1v) is 8.68. The maximum Gasteiger partial charge on any atom is 0.0755 e. The molecule has 118 valence electrons. The van der Waals surface area contributed by atoms with Gasteiger partial charge in [0.05, 0.1) is 17.3 Å². The van der Waals surface area contributed by atoms with Crippen LogP contribution in [0.3, 0.4) is 0 Å². The summed E-state index contributed by atoms with van der Waals surface area (Å²) in [4.78, 5) is 0. The predicted molar refractivity (Wildman–Crippen MR) is 84.3 cm³/mol. The quantitative estimate of drug-likeness (QED) is 0.896. The summed E-state index contributed by atoms with van der Waals surface area (Å²) in [6.45, 7) is 4.01. The van der Waals surface area contributed by atoms with Crippen LogP contribution in [0.1, 0.15) is 63.6 Å². The van der Waals surface area contributed by atoms with E-state index in [1.165, 1.54) is 32.1 Å². The van der Waals surface area contributed by atoms with Crippen molar-refractivity contribution in [1.82, 2.24) is 15.1 Å². The van der Waals surface area contributed by atoms with Crippen LogP contribution in [0.25, 0.3) is 0 Å². The Morgan fingerprint density at radius 2 is 2.19 bits per heavy atom. The first kappa shape index (κ1) is 15.0. The highest BCUT2D eigenvalue weighted by molar-refractivity contribution is 5.07. The third kappa shape index (κ3) is 3.32. The molecule has 0 aromatic carbocycles. The van der Waals surface area contributed by atoms with E-state index in [1.807, 2.05) is 0 Å². The van der Waals surface area contributed by atoms with Crippen LogP contribution in [0.15, 0.2) is 12.3 Å². The fraction of sp³-hybridized carbons (Fsp3) is 0.824. The first-order valence-electron chi connectivity index (χ1n) is 8.68. The second-order valence-electron chi connectivity index (χ2n) is 6.92. The third-order valence-corrected chi connectivity index (χ3v) is 5.48. The highest BCUT2D eigenvalue weighted by Crippen LogP contribution is 2.31. The van der Waals surface area contributed by atoms with Gasteiger partial charge in [-0.1, -0.05) is 26.2 Å². The summed E-state index contributed by atoms with van der Waals surface area (Å²) >= 11 is 0. The Kier molecular flexibility index (Phi) is 4.65. The van der Waals surface area contributed by atoms with Gasteiger partial charge in [0, 0.05) is 25.1 Å². The fourth-order valence-electron chi connectivity index (χ4n) is 4.07. The van der Waals surface area contributed by atoms with Crippen LogP contribution in [0.5, 0.6) is 0 Å². The molecular formula is C17H29N3O. The average molecular weight is 291 g/mol. The molecule has 4 nitrogen and oxygen atoms in total. The third-order valence-electron chi connectivity index (χ3n) is 5.48. The maximum absolute atomic E-state index is 11.0. The molecule has 2 unspecified atom stereocenters. The minimum atomic E-state index is -0.578. The van der Waals surface area contributed by atoms with Gasteiger partial charge in [-0.2, -0.15) is 5.10 Å². The summed E-state index contributed by atoms with van der Waals surface area (Å²) < 4.78 is 2.15. The lowest BCUT2D eigenvalue weighted by atomic mass is 9.77. The van der Waals surface area contributed by atoms with E-state index in [9.17, 15) is 5.11 Å². The Bertz CT molecular complexity index is 453. The van der Waals surface area contributed by atoms with Crippen LogP contribution in [0.2, 0.25) is 0 Å². The van der Waals surface area contributed by atoms with Crippen molar-refractivity contribution in [1.29, 1.82) is 0 Å². The maximum atomic E-state index is 11.0. The fourth-order valence-corrected chi connectivity index (χ4v) is 4.07. The number of piperidine rings is 1. The Balaban J connectivity index is 1.68. The highest BCUT2D eigenvalue weighted by atomic mass is 16.3. The van der Waals surface area contributed by atoms with Crippen LogP contribution in [0.4, 0.5) is 0 Å². The predicted octanol–water partition coefficient (Wildman–Crippen LogP) is 2.68. The van der Waals surface area contributed by atoms with Gasteiger partial charge in [0.25, 0.3) is 0 Å². The van der Waals surface area contributed by atoms with Crippen molar-refractivity contribution in [2.24, 2.45) is 5.92 Å². The van der Waals surface area contributed by atoms with Crippen LogP contribution in [-0.4, -0.2) is 33.6 Å². The van der Waals surface area contributed by atoms with E-state index in [2.05, 4.69) is 29.2 Å². The molecule has 2 atom stereocenters. The van der Waals surface area contributed by atoms with Crippen LogP contribution >= 0.6 is 0 Å². The molecule has 0 radical (unpaired) electrons. The van der Waals surface area contributed by atoms with Crippen LogP contribution in [-0.2, 0) is 6.42 Å². The minimum Gasteiger partial charge on any atom is -0.389 e. The van der Waals surface area contributed by atoms with Crippen molar-refractivity contribution in [2.75, 3.05) is 13.1 Å². The van der Waals surface area contributed by atoms with Crippen LogP contribution < -0.4 is 5.32 Å². The average Bonchev–Trinajstić information content (AvgIpc) is 2.96. The summed E-state index contributed by atoms with van der Waals surface area (Å²) in [6.07, 6.45) is 11.2. The van der Waals surface area contributed by atoms with Gasteiger partial charge in [-0.15, -0.1) is 0 Å². The Hall–Kier alpha value is -0.870. The zero-order valence-corrected chi connectivity index (χ0v) is 13.2. The second kappa shape index (κ2) is 6.49. The van der Waals surface area contributed by atoms with Crippen molar-refractivity contribution >= 4 is 0 Å². The molecule has 3 rings (SSSR count). The number of hydrogen-bond donors (Lipinski definition) is 2. The lowest BCUT2D eigenvalue weighted by molar-refractivity contribution is -0.0422. The molecule has 0 amide bonds. The van der Waals surface area contributed by atoms with E-state index in [0.29, 0.717) is 18.4 Å². The van der Waals surface area contributed by atoms with Gasteiger partial charge in [0.1, 0.15) is 0 Å². The molecule has 1 saturated heterocycles. The second-order valence-corrected chi connectivity index (χ2v) is 6.92. The molecular weight excluding hydrogens is 262 g/mol. The normalized spacial score (nSPS) is 31.4. The SMILES string of the molecule is CCC1CNCCC1(O)Cc1ccn(C2CCCCC2)n1. The monoisotopic (exact) mass is 291 g/mol. The smallest absolute Gasteiger partial charge is 0.0755 e. The number of aliphatic hydroxyl groups is 1. The summed E-state index contributed by atoms with van der Waals surface area (Å²) in [5.41, 5.74) is 0.481. The topological polar surface area (TPSA) is 50.1 Å². The molecule has 4 heteroatoms. The Morgan fingerprint density at radius 1 is 1.38 bits per heavy atom. The number of aromatic nitrogens is 2. The molecule has 21 heavy (non-hydrogen) atoms. The molecule has 2 heterocycles. The van der Waals surface area contributed by atoms with E-state index in [1.54, 1.807) is 0 Å². The minimum absolute atomic E-state index is 0.339. The van der Waals surface area contributed by atoms with E-state index >= 15 is 0 Å². The summed E-state index contributed by atoms with van der Waals surface area (Å²) in [6, 6.07) is 2.69. The molecule has 0 spiro atoms. The molecule has 1 aromatic heterocycles. The van der Waals surface area contributed by atoms with E-state index in [-0.39, 0.29) is 0 Å². The molecule has 0 bridgehead atoms. The lowest BCUT2D eigenvalue weighted by Crippen LogP contribution is -2.51. The Labute approximate surface area is 127 Å². The zero-order valence-electron chi connectivity index (χ0n) is 13.2. The molecule has 2 N–H and O–H groups in total. The zero-order chi connectivity index (χ0) is 14.7. The Morgan fingerprint density at radius 3 is 2.95 bits per heavy atom. The number of nitrogens with zero attached hydrogens (tertiary/aromatic N) is 2. The summed E-state index contributed by atoms with van der Waals surface area (Å²) in [5, 5.41) is 19.2. The van der Waals surface area contributed by atoms with Gasteiger partial charge in [-0.25, -0.2) is 0 Å². The number of nitrogens with one attached hydrogen (secondary N) is 1. The van der Waals surface area contributed by atoms with Crippen molar-refractivity contribution in [3.63, 3.8) is 0 Å². The molecule has 2 fully saturated rings. The molecule has 1 saturated carbocycles. The highest BCUT2D eigenvalue weighted by Gasteiger charge is 2.38. The van der Waals surface area contributed by atoms with E-state index in [0.717, 1.165) is 31.6 Å². The standard InChI is InChI=1S/C17H29N3O/c1-2-14-13-18-10-9-17(14,21)12-15-8-11-20(19-15)16-6-4-3-5-7-16/h8,11,14,16,18,21H,2-7,9-10,12-13H2,1H3. The molecule has 2 aliphatic rings. The van der Waals surface area contributed by atoms with Crippen molar-refractivity contribution in [3.8, 4) is 0 Å². The lowest BCUT2D eigenvalue weighted by Gasteiger charge is -2.39. The van der Waals surface area contributed by atoms with Gasteiger partial charge in [0.2, 0.25) is 0 Å². The largest absolute Gasteiger partial charge is 0.389 e. The van der Waals surface area contributed by atoms with Crippen molar-refractivity contribution in [3.05, 3.63) is 18.0 Å².